The lowest BCUT2D eigenvalue weighted by Gasteiger charge is -2.44. The van der Waals surface area contributed by atoms with Gasteiger partial charge in [0.25, 0.3) is 0 Å². The molecule has 0 aliphatic carbocycles. The lowest BCUT2D eigenvalue weighted by atomic mass is 9.96. The highest BCUT2D eigenvalue weighted by molar-refractivity contribution is 5.81. The molecule has 10 amide bonds. The first-order valence-electron chi connectivity index (χ1n) is 46.2. The zero-order valence-corrected chi connectivity index (χ0v) is 80.7. The van der Waals surface area contributed by atoms with E-state index in [0.717, 1.165) is 62.3 Å². The number of rotatable bonds is 61. The van der Waals surface area contributed by atoms with Crippen molar-refractivity contribution in [1.82, 2.24) is 67.7 Å². The average molecular weight is 1980 g/mol. The number of aromatic nitrogens is 3. The summed E-state index contributed by atoms with van der Waals surface area (Å²) in [4.78, 5) is 269. The van der Waals surface area contributed by atoms with Crippen molar-refractivity contribution in [2.75, 3.05) is 140 Å². The van der Waals surface area contributed by atoms with E-state index < -0.39 is 207 Å². The third-order valence-corrected chi connectivity index (χ3v) is 20.9. The number of esters is 9. The molecule has 0 saturated carbocycles. The van der Waals surface area contributed by atoms with Crippen LogP contribution in [0.15, 0.2) is 0 Å². The van der Waals surface area contributed by atoms with Gasteiger partial charge in [-0.1, -0.05) is 0 Å². The molecular formula is C87H136N16O36. The molecule has 52 nitrogen and oxygen atoms in total. The Morgan fingerprint density at radius 2 is 0.647 bits per heavy atom. The number of carbonyl (C=O) groups is 20. The van der Waals surface area contributed by atoms with Crippen LogP contribution in [0.2, 0.25) is 0 Å². The maximum absolute atomic E-state index is 13.8. The van der Waals surface area contributed by atoms with Gasteiger partial charge in [0, 0.05) is 239 Å². The summed E-state index contributed by atoms with van der Waals surface area (Å²) in [5.74, 6) is -11.8. The van der Waals surface area contributed by atoms with E-state index in [1.165, 1.54) is 20.8 Å². The Labute approximate surface area is 803 Å². The second-order valence-corrected chi connectivity index (χ2v) is 32.8. The maximum Gasteiger partial charge on any atom is 0.303 e. The van der Waals surface area contributed by atoms with Crippen molar-refractivity contribution in [2.45, 2.75) is 291 Å². The minimum atomic E-state index is -1.33. The molecule has 5 rings (SSSR count). The highest BCUT2D eigenvalue weighted by Crippen LogP contribution is 2.33. The number of carbonyl (C=O) groups excluding carboxylic acids is 19. The van der Waals surface area contributed by atoms with Gasteiger partial charge in [-0.25, -0.2) is 0 Å². The van der Waals surface area contributed by atoms with E-state index in [4.69, 9.17) is 86.0 Å². The summed E-state index contributed by atoms with van der Waals surface area (Å²) < 4.78 is 84.4. The van der Waals surface area contributed by atoms with Crippen LogP contribution >= 0.6 is 0 Å². The number of carboxylic acids is 1. The van der Waals surface area contributed by atoms with Crippen LogP contribution in [0.5, 0.6) is 0 Å². The lowest BCUT2D eigenvalue weighted by Crippen LogP contribution is -2.66. The van der Waals surface area contributed by atoms with Gasteiger partial charge in [0.15, 0.2) is 55.5 Å². The Balaban J connectivity index is 1.22. The highest BCUT2D eigenvalue weighted by Gasteiger charge is 2.55. The van der Waals surface area contributed by atoms with Crippen molar-refractivity contribution in [3.05, 3.63) is 0 Å². The molecular weight excluding hydrogens is 1850 g/mol. The predicted molar refractivity (Wildman–Crippen MR) is 478 cm³/mol. The number of nitrogens with one attached hydrogen (secondary N) is 10. The van der Waals surface area contributed by atoms with E-state index in [-0.39, 0.29) is 204 Å². The molecule has 139 heavy (non-hydrogen) atoms. The van der Waals surface area contributed by atoms with Crippen LogP contribution in [-0.2, 0) is 167 Å². The number of nitrogens with zero attached hydrogens (tertiary/aromatic N) is 6. The summed E-state index contributed by atoms with van der Waals surface area (Å²) in [5, 5.41) is 37.1. The smallest absolute Gasteiger partial charge is 0.303 e. The molecule has 4 aliphatic rings. The average Bonchev–Trinajstić information content (AvgIpc) is 0.796. The van der Waals surface area contributed by atoms with E-state index in [1.54, 1.807) is 14.7 Å². The van der Waals surface area contributed by atoms with Gasteiger partial charge in [-0.3, -0.25) is 95.9 Å². The molecule has 4 aliphatic heterocycles. The fraction of sp³-hybridized carbons (Fsp3) is 0.736. The molecule has 1 aromatic rings. The van der Waals surface area contributed by atoms with Crippen molar-refractivity contribution < 1.29 is 172 Å². The Hall–Kier alpha value is -12.4. The first-order chi connectivity index (χ1) is 66.0. The van der Waals surface area contributed by atoms with Crippen LogP contribution in [0, 0.1) is 0 Å². The van der Waals surface area contributed by atoms with Crippen molar-refractivity contribution in [3.63, 3.8) is 0 Å². The van der Waals surface area contributed by atoms with Gasteiger partial charge in [0.05, 0.1) is 0 Å². The van der Waals surface area contributed by atoms with E-state index in [2.05, 4.69) is 53.2 Å². The maximum atomic E-state index is 13.8. The first kappa shape index (κ1) is 117. The van der Waals surface area contributed by atoms with Crippen LogP contribution in [-0.4, -0.2) is 360 Å². The van der Waals surface area contributed by atoms with Gasteiger partial charge in [0.1, 0.15) is 56.3 Å². The largest absolute Gasteiger partial charge is 0.481 e. The Morgan fingerprint density at radius 1 is 0.338 bits per heavy atom. The van der Waals surface area contributed by atoms with Gasteiger partial charge >= 0.3 is 59.7 Å². The summed E-state index contributed by atoms with van der Waals surface area (Å²) in [6.45, 7) is 13.9. The molecule has 15 atom stereocenters. The number of hydrogen-bond donors (Lipinski definition) is 11. The molecule has 0 radical (unpaired) electrons. The van der Waals surface area contributed by atoms with E-state index in [9.17, 15) is 101 Å². The number of ether oxygens (including phenoxy) is 15. The monoisotopic (exact) mass is 1980 g/mol. The van der Waals surface area contributed by atoms with Crippen molar-refractivity contribution in [3.8, 4) is 0 Å². The van der Waals surface area contributed by atoms with Gasteiger partial charge in [-0.2, -0.15) is 15.0 Å². The topological polar surface area (TPSA) is 669 Å². The first-order valence-corrected chi connectivity index (χ1v) is 46.2. The predicted octanol–water partition coefficient (Wildman–Crippen LogP) is -2.44. The number of hydrogen-bond acceptors (Lipinski definition) is 41. The number of aliphatic carboxylic acids is 1. The Kier molecular flexibility index (Phi) is 53.2. The summed E-state index contributed by atoms with van der Waals surface area (Å²) >= 11 is 0. The summed E-state index contributed by atoms with van der Waals surface area (Å²) in [6, 6.07) is -3.55. The summed E-state index contributed by atoms with van der Waals surface area (Å²) in [6.07, 6.45) is -13.0. The highest BCUT2D eigenvalue weighted by atomic mass is 16.7. The second-order valence-electron chi connectivity index (χ2n) is 32.8. The van der Waals surface area contributed by atoms with Crippen molar-refractivity contribution in [1.29, 1.82) is 0 Å². The fourth-order valence-corrected chi connectivity index (χ4v) is 14.7. The molecule has 5 heterocycles. The third-order valence-electron chi connectivity index (χ3n) is 20.9. The molecule has 52 heteroatoms. The molecule has 0 spiro atoms. The number of carboxylic acid groups (broad SMARTS) is 1. The zero-order chi connectivity index (χ0) is 103. The molecule has 0 aromatic carbocycles. The Morgan fingerprint density at radius 3 is 0.950 bits per heavy atom. The molecule has 4 saturated heterocycles. The second kappa shape index (κ2) is 63.2. The van der Waals surface area contributed by atoms with Crippen LogP contribution in [0.1, 0.15) is 199 Å². The Bertz CT molecular complexity index is 4120. The van der Waals surface area contributed by atoms with E-state index in [0.29, 0.717) is 57.8 Å². The molecule has 0 bridgehead atoms. The van der Waals surface area contributed by atoms with Gasteiger partial charge in [0.2, 0.25) is 76.9 Å². The number of unbranched alkanes of at least 4 members (excludes halogenated alkanes) is 3. The molecule has 1 aromatic heterocycles. The van der Waals surface area contributed by atoms with E-state index >= 15 is 0 Å². The van der Waals surface area contributed by atoms with Crippen molar-refractivity contribution >= 4 is 137 Å². The molecule has 780 valence electrons. The zero-order valence-electron chi connectivity index (χ0n) is 80.7. The molecule has 4 fully saturated rings. The van der Waals surface area contributed by atoms with Gasteiger partial charge in [-0.05, 0) is 64.2 Å². The standard InChI is InChI=1S/C87H136N16O36/c1-50(104)95-73-79(134-59(10)113)76(131-56(7)110)62(47-128-53(4)107)137-82(73)125-44-16-13-23-65(116)88-31-20-34-91-68(119)28-37-94-85-98-86(100-87(99-85)103-42-40-101(41-43-103)71(122)26-19-27-72(123)124)102(38-29-69(120)92-35-21-32-89-66(117)24-14-17-45-126-83-74(96-51(2)105)80(135-60(11)114)77(132-57(8)111)63(138-83)48-129-54(5)108)39-30-70(121)93-36-22-33-90-67(118)25-15-18-46-127-84-75(97-52(3)106)81(136-61(12)115)78(133-58(9)112)64(139-84)49-130-55(6)109/h62-64,73-84H,13-49H2,1-12H3,(H,88,116)(H,89,117)(H,90,118)(H,91,119)(H,92,120)(H,93,121)(H,95,104)(H,96,105)(H,97,106)(H,123,124)(H,94,98,99,100)/t62-,63-,64-,73-,74-,75-,76+,77+,78+,79-,80-,81-,82-,83-,84-/m1/s1. The van der Waals surface area contributed by atoms with Crippen LogP contribution in [0.25, 0.3) is 0 Å². The quantitative estimate of drug-likeness (QED) is 0.0183. The van der Waals surface area contributed by atoms with E-state index in [1.807, 2.05) is 0 Å². The number of anilines is 3. The minimum absolute atomic E-state index is 0.00157. The molecule has 0 unspecified atom stereocenters. The lowest BCUT2D eigenvalue weighted by molar-refractivity contribution is -0.277. The minimum Gasteiger partial charge on any atom is -0.481 e. The number of amides is 10. The fourth-order valence-electron chi connectivity index (χ4n) is 14.7. The van der Waals surface area contributed by atoms with Gasteiger partial charge in [-0.15, -0.1) is 0 Å². The van der Waals surface area contributed by atoms with Crippen LogP contribution in [0.3, 0.4) is 0 Å². The van der Waals surface area contributed by atoms with Crippen LogP contribution in [0.4, 0.5) is 17.8 Å². The molecule has 11 N–H and O–H groups in total. The summed E-state index contributed by atoms with van der Waals surface area (Å²) in [5.41, 5.74) is 0. The van der Waals surface area contributed by atoms with Crippen LogP contribution < -0.4 is 63.0 Å². The van der Waals surface area contributed by atoms with Gasteiger partial charge < -0.3 is 144 Å². The van der Waals surface area contributed by atoms with Crippen molar-refractivity contribution in [2.24, 2.45) is 0 Å². The third kappa shape index (κ3) is 46.7. The summed E-state index contributed by atoms with van der Waals surface area (Å²) in [7, 11) is 0. The normalized spacial score (nSPS) is 21.4. The SMILES string of the molecule is CC(=O)N[C@H]1[C@H](OCCCCC(=O)NCCCNC(=O)CCNc2nc(N(CCC(=O)NCCCNC(=O)CCCCO[C@@H]3O[C@H](COC(C)=O)[C@H](OC(C)=O)[C@H](OC(C)=O)[C@H]3NC(C)=O)CCC(=O)NCCCNC(=O)CCCCO[C@@H]3O[C@H](COC(C)=O)[C@H](OC(C)=O)[C@H](OC(C)=O)[C@H]3NC(C)=O)nc(N3CCN(C(=O)CCCC(=O)O)CC3)n2)O[C@H](COC(C)=O)[C@H](OC(C)=O)[C@@H]1OC(C)=O. The number of piperazine rings is 1.